The molecule has 0 aromatic heterocycles. The first-order chi connectivity index (χ1) is 13.2. The summed E-state index contributed by atoms with van der Waals surface area (Å²) >= 11 is 0. The van der Waals surface area contributed by atoms with Crippen LogP contribution in [-0.2, 0) is 10.0 Å². The highest BCUT2D eigenvalue weighted by molar-refractivity contribution is 7.92. The molecule has 28 heavy (non-hydrogen) atoms. The Labute approximate surface area is 167 Å². The normalized spacial score (nSPS) is 17.4. The molecule has 0 radical (unpaired) electrons. The fraction of sp³-hybridized carbons (Fsp3) is 0.409. The van der Waals surface area contributed by atoms with Crippen molar-refractivity contribution in [3.8, 4) is 0 Å². The summed E-state index contributed by atoms with van der Waals surface area (Å²) in [4.78, 5) is 14.9. The fourth-order valence-electron chi connectivity index (χ4n) is 3.64. The molecule has 1 aliphatic rings. The first-order valence-corrected chi connectivity index (χ1v) is 11.2. The van der Waals surface area contributed by atoms with Crippen molar-refractivity contribution in [2.24, 2.45) is 5.92 Å². The average Bonchev–Trinajstić information content (AvgIpc) is 2.65. The first kappa shape index (κ1) is 20.4. The summed E-state index contributed by atoms with van der Waals surface area (Å²) < 4.78 is 28.8. The molecule has 1 fully saturated rings. The van der Waals surface area contributed by atoms with E-state index >= 15 is 0 Å². The largest absolute Gasteiger partial charge is 0.338 e. The van der Waals surface area contributed by atoms with Crippen LogP contribution >= 0.6 is 0 Å². The van der Waals surface area contributed by atoms with Crippen molar-refractivity contribution in [1.82, 2.24) is 4.90 Å². The van der Waals surface area contributed by atoms with Gasteiger partial charge in [0.2, 0.25) is 0 Å². The molecule has 1 aliphatic heterocycles. The summed E-state index contributed by atoms with van der Waals surface area (Å²) in [6, 6.07) is 10.4. The van der Waals surface area contributed by atoms with Gasteiger partial charge < -0.3 is 4.90 Å². The second kappa shape index (κ2) is 7.95. The molecular weight excluding hydrogens is 372 g/mol. The number of amides is 1. The summed E-state index contributed by atoms with van der Waals surface area (Å²) in [5.41, 5.74) is 3.49. The summed E-state index contributed by atoms with van der Waals surface area (Å²) in [6.45, 7) is 9.15. The van der Waals surface area contributed by atoms with Crippen LogP contribution in [0.4, 0.5) is 5.69 Å². The molecule has 2 aromatic carbocycles. The van der Waals surface area contributed by atoms with E-state index in [2.05, 4.69) is 11.6 Å². The van der Waals surface area contributed by atoms with E-state index in [4.69, 9.17) is 0 Å². The maximum Gasteiger partial charge on any atom is 0.262 e. The number of nitrogens with one attached hydrogen (secondary N) is 1. The number of likely N-dealkylation sites (tertiary alicyclic amines) is 1. The van der Waals surface area contributed by atoms with Crippen molar-refractivity contribution >= 4 is 21.6 Å². The van der Waals surface area contributed by atoms with Gasteiger partial charge in [0.05, 0.1) is 10.6 Å². The van der Waals surface area contributed by atoms with E-state index in [-0.39, 0.29) is 10.8 Å². The van der Waals surface area contributed by atoms with Gasteiger partial charge in [0.1, 0.15) is 0 Å². The van der Waals surface area contributed by atoms with Crippen LogP contribution in [-0.4, -0.2) is 32.3 Å². The second-order valence-corrected chi connectivity index (χ2v) is 9.48. The summed E-state index contributed by atoms with van der Waals surface area (Å²) in [5.74, 6) is 0.368. The van der Waals surface area contributed by atoms with E-state index in [1.54, 1.807) is 25.1 Å². The molecule has 0 bridgehead atoms. The fourth-order valence-corrected chi connectivity index (χ4v) is 5.04. The van der Waals surface area contributed by atoms with Crippen molar-refractivity contribution in [3.63, 3.8) is 0 Å². The number of nitrogens with zero attached hydrogens (tertiary/aromatic N) is 1. The van der Waals surface area contributed by atoms with Gasteiger partial charge in [-0.15, -0.1) is 0 Å². The van der Waals surface area contributed by atoms with Crippen LogP contribution in [0.5, 0.6) is 0 Å². The van der Waals surface area contributed by atoms with Crippen molar-refractivity contribution in [2.45, 2.75) is 45.4 Å². The minimum absolute atomic E-state index is 0.102. The van der Waals surface area contributed by atoms with E-state index in [1.165, 1.54) is 6.07 Å². The molecule has 0 aliphatic carbocycles. The van der Waals surface area contributed by atoms with E-state index in [0.717, 1.165) is 37.1 Å². The van der Waals surface area contributed by atoms with Crippen molar-refractivity contribution in [1.29, 1.82) is 0 Å². The summed E-state index contributed by atoms with van der Waals surface area (Å²) in [7, 11) is -3.80. The molecule has 1 atom stereocenters. The number of anilines is 1. The Morgan fingerprint density at radius 2 is 1.86 bits per heavy atom. The van der Waals surface area contributed by atoms with E-state index in [1.807, 2.05) is 30.9 Å². The molecular formula is C22H28N2O3S. The van der Waals surface area contributed by atoms with Crippen LogP contribution < -0.4 is 4.72 Å². The smallest absolute Gasteiger partial charge is 0.262 e. The molecule has 0 unspecified atom stereocenters. The van der Waals surface area contributed by atoms with Crippen LogP contribution in [0.3, 0.4) is 0 Å². The number of carbonyl (C=O) groups is 1. The standard InChI is InChI=1S/C22H28N2O3S/c1-15-7-6-12-24(14-15)22(25)19-11-10-17(3)21(13-19)28(26,27)23-20-9-5-8-16(2)18(20)4/h5,8-11,13,15,23H,6-7,12,14H2,1-4H3/t15-/m0/s1. The molecule has 1 N–H and O–H groups in total. The minimum Gasteiger partial charge on any atom is -0.338 e. The summed E-state index contributed by atoms with van der Waals surface area (Å²) in [5, 5.41) is 0. The Balaban J connectivity index is 1.92. The molecule has 3 rings (SSSR count). The Morgan fingerprint density at radius 3 is 2.57 bits per heavy atom. The lowest BCUT2D eigenvalue weighted by molar-refractivity contribution is 0.0683. The number of piperidine rings is 1. The number of aryl methyl sites for hydroxylation is 2. The van der Waals surface area contributed by atoms with Gasteiger partial charge in [0, 0.05) is 18.7 Å². The van der Waals surface area contributed by atoms with Gasteiger partial charge in [0.15, 0.2) is 0 Å². The molecule has 0 saturated carbocycles. The molecule has 1 amide bonds. The number of carbonyl (C=O) groups excluding carboxylic acids is 1. The van der Waals surface area contributed by atoms with Gasteiger partial charge >= 0.3 is 0 Å². The van der Waals surface area contributed by atoms with Gasteiger partial charge in [0.25, 0.3) is 15.9 Å². The van der Waals surface area contributed by atoms with E-state index in [9.17, 15) is 13.2 Å². The first-order valence-electron chi connectivity index (χ1n) is 9.68. The molecule has 5 nitrogen and oxygen atoms in total. The maximum atomic E-state index is 13.1. The second-order valence-electron chi connectivity index (χ2n) is 7.83. The lowest BCUT2D eigenvalue weighted by Gasteiger charge is -2.31. The topological polar surface area (TPSA) is 66.5 Å². The van der Waals surface area contributed by atoms with Crippen molar-refractivity contribution in [3.05, 3.63) is 58.7 Å². The van der Waals surface area contributed by atoms with Crippen LogP contribution in [0.15, 0.2) is 41.3 Å². The van der Waals surface area contributed by atoms with Gasteiger partial charge in [-0.3, -0.25) is 9.52 Å². The Hall–Kier alpha value is -2.34. The highest BCUT2D eigenvalue weighted by Gasteiger charge is 2.25. The lowest BCUT2D eigenvalue weighted by Crippen LogP contribution is -2.39. The lowest BCUT2D eigenvalue weighted by atomic mass is 9.99. The van der Waals surface area contributed by atoms with Crippen LogP contribution in [0, 0.1) is 26.7 Å². The molecule has 6 heteroatoms. The number of hydrogen-bond acceptors (Lipinski definition) is 3. The minimum atomic E-state index is -3.80. The van der Waals surface area contributed by atoms with Gasteiger partial charge in [-0.2, -0.15) is 0 Å². The Morgan fingerprint density at radius 1 is 1.11 bits per heavy atom. The van der Waals surface area contributed by atoms with Crippen molar-refractivity contribution in [2.75, 3.05) is 17.8 Å². The van der Waals surface area contributed by atoms with E-state index < -0.39 is 10.0 Å². The monoisotopic (exact) mass is 400 g/mol. The molecule has 150 valence electrons. The molecule has 0 spiro atoms. The van der Waals surface area contributed by atoms with Crippen LogP contribution in [0.1, 0.15) is 46.8 Å². The number of benzene rings is 2. The maximum absolute atomic E-state index is 13.1. The van der Waals surface area contributed by atoms with Gasteiger partial charge in [-0.1, -0.05) is 25.1 Å². The SMILES string of the molecule is Cc1ccc(C(=O)N2CCC[C@H](C)C2)cc1S(=O)(=O)Nc1cccc(C)c1C. The quantitative estimate of drug-likeness (QED) is 0.833. The number of sulfonamides is 1. The Bertz CT molecular complexity index is 999. The zero-order valence-electron chi connectivity index (χ0n) is 17.0. The third-order valence-corrected chi connectivity index (χ3v) is 7.03. The highest BCUT2D eigenvalue weighted by atomic mass is 32.2. The zero-order valence-corrected chi connectivity index (χ0v) is 17.8. The molecule has 2 aromatic rings. The molecule has 1 saturated heterocycles. The average molecular weight is 401 g/mol. The predicted octanol–water partition coefficient (Wildman–Crippen LogP) is 4.28. The number of rotatable bonds is 4. The molecule has 1 heterocycles. The third-order valence-electron chi connectivity index (χ3n) is 5.52. The summed E-state index contributed by atoms with van der Waals surface area (Å²) in [6.07, 6.45) is 2.11. The Kier molecular flexibility index (Phi) is 5.79. The van der Waals surface area contributed by atoms with E-state index in [0.29, 0.717) is 22.7 Å². The van der Waals surface area contributed by atoms with Gasteiger partial charge in [-0.25, -0.2) is 8.42 Å². The third kappa shape index (κ3) is 4.22. The highest BCUT2D eigenvalue weighted by Crippen LogP contribution is 2.25. The zero-order chi connectivity index (χ0) is 20.5. The van der Waals surface area contributed by atoms with Crippen LogP contribution in [0.25, 0.3) is 0 Å². The van der Waals surface area contributed by atoms with Crippen LogP contribution in [0.2, 0.25) is 0 Å². The predicted molar refractivity (Wildman–Crippen MR) is 112 cm³/mol. The van der Waals surface area contributed by atoms with Crippen molar-refractivity contribution < 1.29 is 13.2 Å². The van der Waals surface area contributed by atoms with Gasteiger partial charge in [-0.05, 0) is 74.4 Å². The number of hydrogen-bond donors (Lipinski definition) is 1.